The molecular formula is C22H27N5O3. The normalized spacial score (nSPS) is 12.5. The van der Waals surface area contributed by atoms with Crippen molar-refractivity contribution < 1.29 is 9.53 Å². The van der Waals surface area contributed by atoms with Crippen LogP contribution in [0.3, 0.4) is 0 Å². The number of anilines is 2. The average molecular weight is 409 g/mol. The molecular weight excluding hydrogens is 382 g/mol. The number of hydrogen-bond donors (Lipinski definition) is 2. The largest absolute Gasteiger partial charge is 0.443 e. The fourth-order valence-electron chi connectivity index (χ4n) is 3.34. The molecule has 0 aliphatic heterocycles. The highest BCUT2D eigenvalue weighted by Gasteiger charge is 2.22. The molecule has 30 heavy (non-hydrogen) atoms. The summed E-state index contributed by atoms with van der Waals surface area (Å²) in [4.78, 5) is 32.3. The molecule has 0 bridgehead atoms. The molecule has 2 heterocycles. The highest BCUT2D eigenvalue weighted by atomic mass is 16.6. The number of hydrogen-bond acceptors (Lipinski definition) is 6. The molecule has 0 fully saturated rings. The van der Waals surface area contributed by atoms with Gasteiger partial charge in [-0.3, -0.25) is 9.36 Å². The maximum Gasteiger partial charge on any atom is 0.405 e. The molecule has 1 unspecified atom stereocenters. The molecule has 0 aliphatic rings. The first-order valence-corrected chi connectivity index (χ1v) is 9.91. The summed E-state index contributed by atoms with van der Waals surface area (Å²) in [6.45, 7) is 7.65. The number of primary amides is 1. The predicted octanol–water partition coefficient (Wildman–Crippen LogP) is 3.92. The lowest BCUT2D eigenvalue weighted by molar-refractivity contribution is 0.0460. The van der Waals surface area contributed by atoms with E-state index in [2.05, 4.69) is 15.3 Å². The van der Waals surface area contributed by atoms with Crippen LogP contribution in [0, 0.1) is 0 Å². The van der Waals surface area contributed by atoms with Crippen LogP contribution in [0.1, 0.15) is 45.7 Å². The fraction of sp³-hybridized carbons (Fsp3) is 0.364. The second-order valence-corrected chi connectivity index (χ2v) is 7.95. The minimum absolute atomic E-state index is 0.0363. The van der Waals surface area contributed by atoms with Crippen molar-refractivity contribution in [1.82, 2.24) is 14.5 Å². The molecule has 158 valence electrons. The van der Waals surface area contributed by atoms with Crippen molar-refractivity contribution >= 4 is 28.8 Å². The zero-order valence-corrected chi connectivity index (χ0v) is 17.7. The third-order valence-electron chi connectivity index (χ3n) is 4.92. The summed E-state index contributed by atoms with van der Waals surface area (Å²) in [6, 6.07) is 11.0. The van der Waals surface area contributed by atoms with E-state index in [1.54, 1.807) is 22.9 Å². The third kappa shape index (κ3) is 4.94. The minimum atomic E-state index is -0.789. The van der Waals surface area contributed by atoms with E-state index in [0.717, 1.165) is 23.1 Å². The van der Waals surface area contributed by atoms with Crippen LogP contribution >= 0.6 is 0 Å². The van der Waals surface area contributed by atoms with Gasteiger partial charge in [-0.25, -0.2) is 9.78 Å². The number of pyridine rings is 1. The van der Waals surface area contributed by atoms with E-state index in [-0.39, 0.29) is 11.6 Å². The van der Waals surface area contributed by atoms with Crippen molar-refractivity contribution in [3.05, 3.63) is 58.5 Å². The summed E-state index contributed by atoms with van der Waals surface area (Å²) < 4.78 is 6.83. The van der Waals surface area contributed by atoms with Crippen LogP contribution in [0.25, 0.3) is 11.0 Å². The Morgan fingerprint density at radius 1 is 1.23 bits per heavy atom. The highest BCUT2D eigenvalue weighted by molar-refractivity contribution is 5.75. The van der Waals surface area contributed by atoms with Crippen LogP contribution in [0.2, 0.25) is 0 Å². The molecule has 8 nitrogen and oxygen atoms in total. The molecule has 3 rings (SSSR count). The third-order valence-corrected chi connectivity index (χ3v) is 4.92. The summed E-state index contributed by atoms with van der Waals surface area (Å²) in [6.07, 6.45) is 2.27. The van der Waals surface area contributed by atoms with Gasteiger partial charge in [-0.1, -0.05) is 19.1 Å². The van der Waals surface area contributed by atoms with Gasteiger partial charge >= 0.3 is 6.09 Å². The van der Waals surface area contributed by atoms with Crippen molar-refractivity contribution in [3.63, 3.8) is 0 Å². The Hall–Kier alpha value is -3.42. The van der Waals surface area contributed by atoms with Gasteiger partial charge in [0.2, 0.25) is 5.95 Å². The quantitative estimate of drug-likeness (QED) is 0.612. The Kier molecular flexibility index (Phi) is 6.05. The van der Waals surface area contributed by atoms with Crippen molar-refractivity contribution in [1.29, 1.82) is 0 Å². The average Bonchev–Trinajstić information content (AvgIpc) is 2.67. The molecule has 3 aromatic rings. The van der Waals surface area contributed by atoms with Crippen LogP contribution in [0.5, 0.6) is 0 Å². The van der Waals surface area contributed by atoms with E-state index in [0.29, 0.717) is 18.0 Å². The van der Waals surface area contributed by atoms with Crippen molar-refractivity contribution in [2.75, 3.05) is 5.32 Å². The Labute approximate surface area is 175 Å². The molecule has 1 atom stereocenters. The Bertz CT molecular complexity index is 1110. The maximum atomic E-state index is 12.4. The smallest absolute Gasteiger partial charge is 0.405 e. The fourth-order valence-corrected chi connectivity index (χ4v) is 3.34. The van der Waals surface area contributed by atoms with Gasteiger partial charge in [0.25, 0.3) is 5.56 Å². The molecule has 8 heteroatoms. The molecule has 1 aromatic carbocycles. The molecule has 3 N–H and O–H groups in total. The molecule has 0 saturated carbocycles. The number of fused-ring (bicyclic) bond motifs is 1. The predicted molar refractivity (Wildman–Crippen MR) is 117 cm³/mol. The van der Waals surface area contributed by atoms with Gasteiger partial charge in [0.15, 0.2) is 0 Å². The van der Waals surface area contributed by atoms with Gasteiger partial charge in [-0.05, 0) is 51.0 Å². The van der Waals surface area contributed by atoms with Crippen LogP contribution in [-0.4, -0.2) is 26.2 Å². The molecule has 0 aliphatic carbocycles. The minimum Gasteiger partial charge on any atom is -0.443 e. The van der Waals surface area contributed by atoms with E-state index in [1.165, 1.54) is 0 Å². The standard InChI is InChI=1S/C22H27N5O3/c1-5-14(2)27-18(28)11-8-16-13-24-21(26-19(16)27)25-17-9-6-15(7-10-17)12-22(3,4)30-20(23)29/h6-11,13-14H,5,12H2,1-4H3,(H2,23,29)(H,24,25,26). The zero-order valence-electron chi connectivity index (χ0n) is 17.7. The molecule has 2 aromatic heterocycles. The summed E-state index contributed by atoms with van der Waals surface area (Å²) in [7, 11) is 0. The lowest BCUT2D eigenvalue weighted by Crippen LogP contribution is -2.33. The van der Waals surface area contributed by atoms with Gasteiger partial charge in [-0.2, -0.15) is 4.98 Å². The van der Waals surface area contributed by atoms with E-state index >= 15 is 0 Å². The number of benzene rings is 1. The number of ether oxygens (including phenoxy) is 1. The van der Waals surface area contributed by atoms with E-state index in [1.807, 2.05) is 52.0 Å². The molecule has 0 radical (unpaired) electrons. The first-order valence-electron chi connectivity index (χ1n) is 9.91. The summed E-state index contributed by atoms with van der Waals surface area (Å²) >= 11 is 0. The lowest BCUT2D eigenvalue weighted by Gasteiger charge is -2.24. The molecule has 0 spiro atoms. The number of rotatable bonds is 7. The highest BCUT2D eigenvalue weighted by Crippen LogP contribution is 2.21. The van der Waals surface area contributed by atoms with Crippen molar-refractivity contribution in [2.24, 2.45) is 5.73 Å². The van der Waals surface area contributed by atoms with Gasteiger partial charge in [0, 0.05) is 35.8 Å². The first-order chi connectivity index (χ1) is 14.2. The van der Waals surface area contributed by atoms with Crippen LogP contribution in [-0.2, 0) is 11.2 Å². The monoisotopic (exact) mass is 409 g/mol. The lowest BCUT2D eigenvalue weighted by atomic mass is 9.98. The number of nitrogens with one attached hydrogen (secondary N) is 1. The zero-order chi connectivity index (χ0) is 21.9. The summed E-state index contributed by atoms with van der Waals surface area (Å²) in [5.74, 6) is 0.412. The van der Waals surface area contributed by atoms with Crippen molar-refractivity contribution in [3.8, 4) is 0 Å². The Morgan fingerprint density at radius 2 is 1.93 bits per heavy atom. The Balaban J connectivity index is 1.82. The number of aromatic nitrogens is 3. The van der Waals surface area contributed by atoms with Gasteiger partial charge in [0.05, 0.1) is 0 Å². The second kappa shape index (κ2) is 8.52. The van der Waals surface area contributed by atoms with E-state index in [4.69, 9.17) is 10.5 Å². The van der Waals surface area contributed by atoms with E-state index < -0.39 is 11.7 Å². The summed E-state index contributed by atoms with van der Waals surface area (Å²) in [5.41, 5.74) is 6.76. The first kappa shape index (κ1) is 21.3. The number of nitrogens with two attached hydrogens (primary N) is 1. The number of amides is 1. The molecule has 0 saturated heterocycles. The maximum absolute atomic E-state index is 12.4. The van der Waals surface area contributed by atoms with E-state index in [9.17, 15) is 9.59 Å². The van der Waals surface area contributed by atoms with Gasteiger partial charge < -0.3 is 15.8 Å². The number of carbonyl (C=O) groups excluding carboxylic acids is 1. The number of nitrogens with zero attached hydrogens (tertiary/aromatic N) is 3. The van der Waals surface area contributed by atoms with Crippen LogP contribution in [0.4, 0.5) is 16.4 Å². The SMILES string of the molecule is CCC(C)n1c(=O)ccc2cnc(Nc3ccc(CC(C)(C)OC(N)=O)cc3)nc21. The molecule has 1 amide bonds. The summed E-state index contributed by atoms with van der Waals surface area (Å²) in [5, 5.41) is 3.99. The van der Waals surface area contributed by atoms with Crippen LogP contribution < -0.4 is 16.6 Å². The second-order valence-electron chi connectivity index (χ2n) is 7.95. The van der Waals surface area contributed by atoms with Crippen molar-refractivity contribution in [2.45, 2.75) is 52.2 Å². The van der Waals surface area contributed by atoms with Gasteiger partial charge in [-0.15, -0.1) is 0 Å². The Morgan fingerprint density at radius 3 is 2.57 bits per heavy atom. The van der Waals surface area contributed by atoms with Crippen LogP contribution in [0.15, 0.2) is 47.4 Å². The van der Waals surface area contributed by atoms with Gasteiger partial charge in [0.1, 0.15) is 11.2 Å². The number of carbonyl (C=O) groups is 1. The topological polar surface area (TPSA) is 112 Å².